The van der Waals surface area contributed by atoms with E-state index in [1.54, 1.807) is 29.1 Å². The molecule has 190 valence electrons. The van der Waals surface area contributed by atoms with Crippen LogP contribution in [0.2, 0.25) is 0 Å². The number of hydrazine groups is 1. The molecule has 2 N–H and O–H groups in total. The van der Waals surface area contributed by atoms with Crippen LogP contribution in [0, 0.1) is 5.82 Å². The van der Waals surface area contributed by atoms with Gasteiger partial charge in [0, 0.05) is 43.0 Å². The first-order valence-electron chi connectivity index (χ1n) is 11.8. The fourth-order valence-electron chi connectivity index (χ4n) is 3.63. The topological polar surface area (TPSA) is 77.1 Å². The van der Waals surface area contributed by atoms with E-state index >= 15 is 0 Å². The normalized spacial score (nSPS) is 13.9. The second kappa shape index (κ2) is 14.0. The predicted molar refractivity (Wildman–Crippen MR) is 136 cm³/mol. The van der Waals surface area contributed by atoms with Crippen molar-refractivity contribution < 1.29 is 18.7 Å². The minimum Gasteiger partial charge on any atom is -0.379 e. The number of carbonyl (C=O) groups is 2. The van der Waals surface area contributed by atoms with Gasteiger partial charge in [0.2, 0.25) is 5.91 Å². The number of hydrogen-bond acceptors (Lipinski definition) is 7. The molecule has 1 heterocycles. The summed E-state index contributed by atoms with van der Waals surface area (Å²) in [5.41, 5.74) is 0.771. The van der Waals surface area contributed by atoms with Crippen molar-refractivity contribution >= 4 is 29.3 Å². The van der Waals surface area contributed by atoms with Crippen LogP contribution in [0.5, 0.6) is 0 Å². The Balaban J connectivity index is 1.78. The minimum atomic E-state index is -0.296. The van der Waals surface area contributed by atoms with Gasteiger partial charge in [-0.1, -0.05) is 30.8 Å². The number of anilines is 1. The van der Waals surface area contributed by atoms with E-state index in [4.69, 9.17) is 4.74 Å². The molecule has 3 rings (SSSR count). The number of carbonyl (C=O) groups excluding carboxylic acids is 2. The summed E-state index contributed by atoms with van der Waals surface area (Å²) in [7, 11) is 1.75. The van der Waals surface area contributed by atoms with Gasteiger partial charge in [0.05, 0.1) is 32.0 Å². The molecule has 0 atom stereocenters. The van der Waals surface area contributed by atoms with Crippen LogP contribution in [-0.2, 0) is 14.3 Å². The zero-order chi connectivity index (χ0) is 25.0. The first-order chi connectivity index (χ1) is 17.0. The molecule has 1 fully saturated rings. The summed E-state index contributed by atoms with van der Waals surface area (Å²) in [6, 6.07) is 13.9. The van der Waals surface area contributed by atoms with Gasteiger partial charge in [0.1, 0.15) is 5.82 Å². The van der Waals surface area contributed by atoms with Crippen molar-refractivity contribution in [2.45, 2.75) is 16.7 Å². The molecule has 1 saturated heterocycles. The smallest absolute Gasteiger partial charge is 0.256 e. The van der Waals surface area contributed by atoms with E-state index in [0.29, 0.717) is 39.4 Å². The Morgan fingerprint density at radius 1 is 1.06 bits per heavy atom. The minimum absolute atomic E-state index is 0.0372. The van der Waals surface area contributed by atoms with Gasteiger partial charge in [0.15, 0.2) is 0 Å². The van der Waals surface area contributed by atoms with Gasteiger partial charge in [-0.05, 0) is 42.9 Å². The van der Waals surface area contributed by atoms with Gasteiger partial charge in [-0.15, -0.1) is 0 Å². The summed E-state index contributed by atoms with van der Waals surface area (Å²) in [5, 5.41) is 9.67. The Bertz CT molecular complexity index is 956. The van der Waals surface area contributed by atoms with Gasteiger partial charge < -0.3 is 20.3 Å². The van der Waals surface area contributed by atoms with Crippen molar-refractivity contribution in [1.82, 2.24) is 20.7 Å². The summed E-state index contributed by atoms with van der Waals surface area (Å²) in [6.45, 7) is 6.54. The van der Waals surface area contributed by atoms with Crippen LogP contribution < -0.4 is 15.5 Å². The number of nitrogens with zero attached hydrogens (tertiary/aromatic N) is 3. The first-order valence-corrected chi connectivity index (χ1v) is 12.6. The first kappa shape index (κ1) is 26.9. The van der Waals surface area contributed by atoms with Crippen LogP contribution in [0.25, 0.3) is 0 Å². The summed E-state index contributed by atoms with van der Waals surface area (Å²) in [6.07, 6.45) is 0. The van der Waals surface area contributed by atoms with Gasteiger partial charge in [-0.3, -0.25) is 14.6 Å². The average molecular weight is 504 g/mol. The highest BCUT2D eigenvalue weighted by atomic mass is 32.2. The van der Waals surface area contributed by atoms with E-state index < -0.39 is 0 Å². The second-order valence-corrected chi connectivity index (χ2v) is 9.18. The highest BCUT2D eigenvalue weighted by Gasteiger charge is 2.24. The summed E-state index contributed by atoms with van der Waals surface area (Å²) >= 11 is 1.46. The third kappa shape index (κ3) is 8.50. The molecule has 0 radical (unpaired) electrons. The molecular formula is C25H34FN5O3S. The third-order valence-corrected chi connectivity index (χ3v) is 6.63. The highest BCUT2D eigenvalue weighted by Crippen LogP contribution is 2.35. The summed E-state index contributed by atoms with van der Waals surface area (Å²) in [5.74, 6) is -0.574. The number of amides is 2. The number of halogens is 1. The molecule has 1 aliphatic rings. The summed E-state index contributed by atoms with van der Waals surface area (Å²) < 4.78 is 18.8. The summed E-state index contributed by atoms with van der Waals surface area (Å²) in [4.78, 5) is 29.5. The van der Waals surface area contributed by atoms with Crippen LogP contribution in [0.1, 0.15) is 6.92 Å². The Morgan fingerprint density at radius 3 is 2.49 bits per heavy atom. The number of ether oxygens (including phenoxy) is 1. The highest BCUT2D eigenvalue weighted by molar-refractivity contribution is 7.99. The number of nitrogens with one attached hydrogen (secondary N) is 2. The largest absolute Gasteiger partial charge is 0.379 e. The molecule has 2 aromatic rings. The fourth-order valence-corrected chi connectivity index (χ4v) is 4.61. The molecule has 8 nitrogen and oxygen atoms in total. The van der Waals surface area contributed by atoms with Crippen LogP contribution in [-0.4, -0.2) is 87.9 Å². The van der Waals surface area contributed by atoms with Crippen molar-refractivity contribution in [3.63, 3.8) is 0 Å². The van der Waals surface area contributed by atoms with E-state index in [-0.39, 0.29) is 30.7 Å². The molecule has 0 aromatic heterocycles. The SMILES string of the molecule is CCNCCNC(=O)CN(CC(=O)N(C)N1CCOCC1)c1ccccc1Sc1ccc(F)cc1. The number of likely N-dealkylation sites (N-methyl/N-ethyl adjacent to an activating group) is 2. The van der Waals surface area contributed by atoms with Gasteiger partial charge in [0.25, 0.3) is 5.91 Å². The van der Waals surface area contributed by atoms with Gasteiger partial charge >= 0.3 is 0 Å². The lowest BCUT2D eigenvalue weighted by Gasteiger charge is -2.36. The molecule has 35 heavy (non-hydrogen) atoms. The lowest BCUT2D eigenvalue weighted by molar-refractivity contribution is -0.150. The standard InChI is InChI=1S/C25H34FN5O3S/c1-3-27-12-13-28-24(32)18-30(19-25(33)29(2)31-14-16-34-17-15-31)22-6-4-5-7-23(22)35-21-10-8-20(26)9-11-21/h4-11,27H,3,12-19H2,1-2H3,(H,28,32). The molecule has 2 amide bonds. The number of benzene rings is 2. The lowest BCUT2D eigenvalue weighted by Crippen LogP contribution is -2.53. The van der Waals surface area contributed by atoms with Crippen LogP contribution in [0.15, 0.2) is 58.3 Å². The van der Waals surface area contributed by atoms with E-state index in [2.05, 4.69) is 10.6 Å². The van der Waals surface area contributed by atoms with Crippen molar-refractivity contribution in [3.8, 4) is 0 Å². The quantitative estimate of drug-likeness (QED) is 0.430. The molecule has 0 saturated carbocycles. The van der Waals surface area contributed by atoms with Crippen molar-refractivity contribution in [2.24, 2.45) is 0 Å². The predicted octanol–water partition coefficient (Wildman–Crippen LogP) is 2.21. The van der Waals surface area contributed by atoms with Gasteiger partial charge in [-0.25, -0.2) is 9.40 Å². The average Bonchev–Trinajstić information content (AvgIpc) is 2.88. The van der Waals surface area contributed by atoms with Crippen molar-refractivity contribution in [3.05, 3.63) is 54.3 Å². The Morgan fingerprint density at radius 2 is 1.77 bits per heavy atom. The van der Waals surface area contributed by atoms with Crippen LogP contribution >= 0.6 is 11.8 Å². The number of rotatable bonds is 12. The zero-order valence-corrected chi connectivity index (χ0v) is 21.2. The third-order valence-electron chi connectivity index (χ3n) is 5.55. The Kier molecular flexibility index (Phi) is 10.8. The Hall–Kier alpha value is -2.66. The second-order valence-electron chi connectivity index (χ2n) is 8.07. The maximum Gasteiger partial charge on any atom is 0.256 e. The molecule has 1 aliphatic heterocycles. The van der Waals surface area contributed by atoms with E-state index in [9.17, 15) is 14.0 Å². The fraction of sp³-hybridized carbons (Fsp3) is 0.440. The maximum absolute atomic E-state index is 13.4. The lowest BCUT2D eigenvalue weighted by atomic mass is 10.2. The van der Waals surface area contributed by atoms with Crippen LogP contribution in [0.3, 0.4) is 0 Å². The van der Waals surface area contributed by atoms with E-state index in [1.165, 1.54) is 23.9 Å². The number of hydrogen-bond donors (Lipinski definition) is 2. The monoisotopic (exact) mass is 503 g/mol. The van der Waals surface area contributed by atoms with E-state index in [1.807, 2.05) is 36.2 Å². The number of morpholine rings is 1. The molecule has 0 bridgehead atoms. The molecular weight excluding hydrogens is 469 g/mol. The maximum atomic E-state index is 13.4. The van der Waals surface area contributed by atoms with Crippen LogP contribution in [0.4, 0.5) is 10.1 Å². The molecule has 0 aliphatic carbocycles. The van der Waals surface area contributed by atoms with Crippen molar-refractivity contribution in [1.29, 1.82) is 0 Å². The molecule has 10 heteroatoms. The van der Waals surface area contributed by atoms with Gasteiger partial charge in [-0.2, -0.15) is 0 Å². The van der Waals surface area contributed by atoms with Crippen molar-refractivity contribution in [2.75, 3.05) is 71.0 Å². The number of para-hydroxylation sites is 1. The Labute approximate surface area is 210 Å². The molecule has 2 aromatic carbocycles. The molecule has 0 spiro atoms. The zero-order valence-electron chi connectivity index (χ0n) is 20.3. The molecule has 0 unspecified atom stereocenters. The van der Waals surface area contributed by atoms with E-state index in [0.717, 1.165) is 22.0 Å².